The van der Waals surface area contributed by atoms with E-state index in [0.29, 0.717) is 10.9 Å². The van der Waals surface area contributed by atoms with E-state index in [2.05, 4.69) is 67.9 Å². The van der Waals surface area contributed by atoms with Crippen LogP contribution in [0.25, 0.3) is 10.8 Å². The van der Waals surface area contributed by atoms with Gasteiger partial charge in [0, 0.05) is 22.1 Å². The molecule has 0 spiro atoms. The van der Waals surface area contributed by atoms with Crippen LogP contribution in [0.5, 0.6) is 0 Å². The Balaban J connectivity index is 1.41. The highest BCUT2D eigenvalue weighted by Crippen LogP contribution is 2.23. The molecule has 1 heteroatoms. The lowest BCUT2D eigenvalue weighted by molar-refractivity contribution is 0.636. The van der Waals surface area contributed by atoms with Crippen molar-refractivity contribution in [3.8, 4) is 23.7 Å². The van der Waals surface area contributed by atoms with Gasteiger partial charge in [-0.15, -0.1) is 0 Å². The summed E-state index contributed by atoms with van der Waals surface area (Å²) in [4.78, 5) is 0. The van der Waals surface area contributed by atoms with Crippen LogP contribution in [0.15, 0.2) is 78.9 Å². The number of fused-ring (bicyclic) bond motifs is 1. The first kappa shape index (κ1) is 25.3. The highest BCUT2D eigenvalue weighted by atomic mass is 19.1. The van der Waals surface area contributed by atoms with Crippen LogP contribution in [0, 0.1) is 29.5 Å². The number of aryl methyl sites for hydroxylation is 2. The quantitative estimate of drug-likeness (QED) is 0.186. The maximum absolute atomic E-state index is 15.0. The van der Waals surface area contributed by atoms with Crippen molar-refractivity contribution in [2.45, 2.75) is 58.8 Å². The van der Waals surface area contributed by atoms with Crippen LogP contribution in [0.3, 0.4) is 0 Å². The van der Waals surface area contributed by atoms with Gasteiger partial charge in [0.25, 0.3) is 0 Å². The Morgan fingerprint density at radius 1 is 0.556 bits per heavy atom. The van der Waals surface area contributed by atoms with E-state index in [0.717, 1.165) is 41.3 Å². The summed E-state index contributed by atoms with van der Waals surface area (Å²) < 4.78 is 15.0. The molecule has 0 saturated heterocycles. The van der Waals surface area contributed by atoms with Crippen molar-refractivity contribution in [1.82, 2.24) is 0 Å². The van der Waals surface area contributed by atoms with E-state index in [1.807, 2.05) is 42.5 Å². The first-order valence-electron chi connectivity index (χ1n) is 13.1. The number of hydrogen-bond acceptors (Lipinski definition) is 0. The number of halogens is 1. The lowest BCUT2D eigenvalue weighted by Crippen LogP contribution is -1.89. The van der Waals surface area contributed by atoms with Gasteiger partial charge in [0.05, 0.1) is 5.56 Å². The standard InChI is InChI=1S/C35H33F/c1-3-5-6-7-9-27-10-12-28(13-11-27)14-15-29-16-18-30(19-17-29)20-22-32-23-24-33-26-31(8-4-2)21-25-34(33)35(32)36/h10-13,16-19,21,23-26H,3-9H2,1-2H3. The minimum atomic E-state index is -0.252. The molecule has 36 heavy (non-hydrogen) atoms. The van der Waals surface area contributed by atoms with Gasteiger partial charge in [0.1, 0.15) is 5.82 Å². The number of hydrogen-bond donors (Lipinski definition) is 0. The summed E-state index contributed by atoms with van der Waals surface area (Å²) in [5.74, 6) is 12.3. The van der Waals surface area contributed by atoms with E-state index in [4.69, 9.17) is 0 Å². The van der Waals surface area contributed by atoms with E-state index in [-0.39, 0.29) is 5.82 Å². The zero-order valence-corrected chi connectivity index (χ0v) is 21.3. The molecular weight excluding hydrogens is 439 g/mol. The number of rotatable bonds is 7. The highest BCUT2D eigenvalue weighted by Gasteiger charge is 2.06. The molecule has 4 aromatic rings. The predicted molar refractivity (Wildman–Crippen MR) is 151 cm³/mol. The van der Waals surface area contributed by atoms with Gasteiger partial charge < -0.3 is 0 Å². The Morgan fingerprint density at radius 3 is 1.81 bits per heavy atom. The molecule has 0 nitrogen and oxygen atoms in total. The predicted octanol–water partition coefficient (Wildman–Crippen LogP) is 8.85. The molecule has 0 aliphatic rings. The van der Waals surface area contributed by atoms with Gasteiger partial charge >= 0.3 is 0 Å². The summed E-state index contributed by atoms with van der Waals surface area (Å²) in [6.45, 7) is 4.39. The molecule has 4 aromatic carbocycles. The smallest absolute Gasteiger partial charge is 0.146 e. The summed E-state index contributed by atoms with van der Waals surface area (Å²) in [5.41, 5.74) is 5.83. The van der Waals surface area contributed by atoms with Gasteiger partial charge in [-0.3, -0.25) is 0 Å². The van der Waals surface area contributed by atoms with Gasteiger partial charge in [0.2, 0.25) is 0 Å². The second-order valence-electron chi connectivity index (χ2n) is 9.32. The monoisotopic (exact) mass is 472 g/mol. The van der Waals surface area contributed by atoms with Gasteiger partial charge in [-0.05, 0) is 78.2 Å². The van der Waals surface area contributed by atoms with E-state index >= 15 is 4.39 Å². The van der Waals surface area contributed by atoms with Gasteiger partial charge in [0.15, 0.2) is 0 Å². The maximum atomic E-state index is 15.0. The number of benzene rings is 4. The maximum Gasteiger partial charge on any atom is 0.146 e. The minimum Gasteiger partial charge on any atom is -0.205 e. The second kappa shape index (κ2) is 12.8. The molecule has 0 atom stereocenters. The fourth-order valence-corrected chi connectivity index (χ4v) is 4.31. The lowest BCUT2D eigenvalue weighted by atomic mass is 10.0. The lowest BCUT2D eigenvalue weighted by Gasteiger charge is -2.05. The molecule has 0 radical (unpaired) electrons. The van der Waals surface area contributed by atoms with Crippen molar-refractivity contribution in [1.29, 1.82) is 0 Å². The average Bonchev–Trinajstić information content (AvgIpc) is 2.91. The summed E-state index contributed by atoms with van der Waals surface area (Å²) >= 11 is 0. The summed E-state index contributed by atoms with van der Waals surface area (Å²) in [6, 6.07) is 26.1. The molecule has 0 unspecified atom stereocenters. The fourth-order valence-electron chi connectivity index (χ4n) is 4.31. The molecule has 0 aliphatic heterocycles. The Hall–Kier alpha value is -3.81. The van der Waals surface area contributed by atoms with Crippen molar-refractivity contribution < 1.29 is 4.39 Å². The first-order valence-corrected chi connectivity index (χ1v) is 13.1. The molecule has 4 rings (SSSR count). The van der Waals surface area contributed by atoms with Crippen LogP contribution in [0.4, 0.5) is 4.39 Å². The van der Waals surface area contributed by atoms with Crippen LogP contribution in [-0.4, -0.2) is 0 Å². The molecule has 180 valence electrons. The molecule has 0 saturated carbocycles. The Morgan fingerprint density at radius 2 is 1.17 bits per heavy atom. The van der Waals surface area contributed by atoms with Crippen molar-refractivity contribution in [2.75, 3.05) is 0 Å². The van der Waals surface area contributed by atoms with Crippen molar-refractivity contribution in [3.05, 3.63) is 118 Å². The molecule has 0 N–H and O–H groups in total. The van der Waals surface area contributed by atoms with Crippen LogP contribution >= 0.6 is 0 Å². The molecule has 0 fully saturated rings. The molecule has 0 heterocycles. The van der Waals surface area contributed by atoms with E-state index in [9.17, 15) is 0 Å². The van der Waals surface area contributed by atoms with Crippen molar-refractivity contribution in [2.24, 2.45) is 0 Å². The first-order chi connectivity index (χ1) is 17.7. The topological polar surface area (TPSA) is 0 Å². The zero-order chi connectivity index (χ0) is 25.2. The van der Waals surface area contributed by atoms with E-state index in [1.54, 1.807) is 6.07 Å². The van der Waals surface area contributed by atoms with Crippen molar-refractivity contribution >= 4 is 10.8 Å². The van der Waals surface area contributed by atoms with Gasteiger partial charge in [-0.2, -0.15) is 0 Å². The molecule has 0 aliphatic carbocycles. The third kappa shape index (κ3) is 6.87. The largest absolute Gasteiger partial charge is 0.205 e. The SMILES string of the molecule is CCCCCCc1ccc(C#Cc2ccc(C#Cc3ccc4cc(CCC)ccc4c3F)cc2)cc1. The number of unbranched alkanes of at least 4 members (excludes halogenated alkanes) is 3. The second-order valence-corrected chi connectivity index (χ2v) is 9.32. The fraction of sp³-hybridized carbons (Fsp3) is 0.257. The summed E-state index contributed by atoms with van der Waals surface area (Å²) in [5, 5.41) is 1.55. The van der Waals surface area contributed by atoms with Gasteiger partial charge in [-0.1, -0.05) is 99.6 Å². The Labute approximate surface area is 215 Å². The molecule has 0 bridgehead atoms. The van der Waals surface area contributed by atoms with Crippen LogP contribution in [0.1, 0.15) is 79.3 Å². The van der Waals surface area contributed by atoms with Gasteiger partial charge in [-0.25, -0.2) is 4.39 Å². The van der Waals surface area contributed by atoms with E-state index < -0.39 is 0 Å². The average molecular weight is 473 g/mol. The van der Waals surface area contributed by atoms with Crippen molar-refractivity contribution in [3.63, 3.8) is 0 Å². The van der Waals surface area contributed by atoms with Crippen LogP contribution in [-0.2, 0) is 12.8 Å². The zero-order valence-electron chi connectivity index (χ0n) is 21.3. The molecule has 0 amide bonds. The normalized spacial score (nSPS) is 10.4. The Kier molecular flexibility index (Phi) is 8.97. The third-order valence-corrected chi connectivity index (χ3v) is 6.41. The minimum absolute atomic E-state index is 0.252. The molecular formula is C35H33F. The van der Waals surface area contributed by atoms with Crippen LogP contribution in [0.2, 0.25) is 0 Å². The van der Waals surface area contributed by atoms with E-state index in [1.165, 1.54) is 36.8 Å². The molecule has 0 aromatic heterocycles. The Bertz CT molecular complexity index is 1420. The third-order valence-electron chi connectivity index (χ3n) is 6.41. The summed E-state index contributed by atoms with van der Waals surface area (Å²) in [7, 11) is 0. The highest BCUT2D eigenvalue weighted by molar-refractivity contribution is 5.85. The van der Waals surface area contributed by atoms with Crippen LogP contribution < -0.4 is 0 Å². The summed E-state index contributed by atoms with van der Waals surface area (Å²) in [6.07, 6.45) is 8.36.